The van der Waals surface area contributed by atoms with Crippen molar-refractivity contribution in [2.24, 2.45) is 0 Å². The SMILES string of the molecule is CCOc1ccc2nc(N(CCN(CC)CC)C(=O)c3ccc(S(=O)(=O)N(CC)Cc4ccccc4)cc3)sc2c1. The number of carbonyl (C=O) groups is 1. The number of benzene rings is 3. The van der Waals surface area contributed by atoms with E-state index in [1.165, 1.54) is 27.8 Å². The summed E-state index contributed by atoms with van der Waals surface area (Å²) in [5, 5.41) is 0.600. The van der Waals surface area contributed by atoms with Gasteiger partial charge in [-0.15, -0.1) is 0 Å². The third-order valence-corrected chi connectivity index (χ3v) is 9.94. The van der Waals surface area contributed by atoms with E-state index in [-0.39, 0.29) is 17.3 Å². The highest BCUT2D eigenvalue weighted by atomic mass is 32.2. The Hall–Kier alpha value is -3.31. The molecule has 1 aromatic heterocycles. The molecule has 4 aromatic rings. The fourth-order valence-electron chi connectivity index (χ4n) is 4.56. The molecule has 0 aliphatic heterocycles. The summed E-state index contributed by atoms with van der Waals surface area (Å²) in [6, 6.07) is 21.5. The fourth-order valence-corrected chi connectivity index (χ4v) is 7.01. The Bertz CT molecular complexity index is 1540. The molecule has 0 spiro atoms. The molecular formula is C31H38N4O4S2. The van der Waals surface area contributed by atoms with Gasteiger partial charge >= 0.3 is 0 Å². The number of nitrogens with zero attached hydrogens (tertiary/aromatic N) is 4. The smallest absolute Gasteiger partial charge is 0.260 e. The number of sulfonamides is 1. The van der Waals surface area contributed by atoms with Crippen molar-refractivity contribution in [3.63, 3.8) is 0 Å². The summed E-state index contributed by atoms with van der Waals surface area (Å²) < 4.78 is 34.9. The summed E-state index contributed by atoms with van der Waals surface area (Å²) in [6.07, 6.45) is 0. The number of aromatic nitrogens is 1. The van der Waals surface area contributed by atoms with Crippen molar-refractivity contribution in [1.29, 1.82) is 0 Å². The Balaban J connectivity index is 1.61. The van der Waals surface area contributed by atoms with Gasteiger partial charge in [0.2, 0.25) is 10.0 Å². The molecule has 8 nitrogen and oxygen atoms in total. The minimum absolute atomic E-state index is 0.157. The molecule has 4 rings (SSSR count). The van der Waals surface area contributed by atoms with Crippen LogP contribution < -0.4 is 9.64 Å². The molecule has 0 fully saturated rings. The van der Waals surface area contributed by atoms with Gasteiger partial charge in [-0.2, -0.15) is 4.31 Å². The van der Waals surface area contributed by atoms with Gasteiger partial charge in [-0.05, 0) is 68.0 Å². The summed E-state index contributed by atoms with van der Waals surface area (Å²) in [6.45, 7) is 12.0. The Morgan fingerprint density at radius 2 is 1.59 bits per heavy atom. The van der Waals surface area contributed by atoms with Gasteiger partial charge in [0.25, 0.3) is 5.91 Å². The molecule has 0 atom stereocenters. The zero-order chi connectivity index (χ0) is 29.4. The Morgan fingerprint density at radius 1 is 0.878 bits per heavy atom. The molecule has 0 bridgehead atoms. The first-order valence-corrected chi connectivity index (χ1v) is 16.3. The van der Waals surface area contributed by atoms with Crippen molar-refractivity contribution in [3.05, 3.63) is 83.9 Å². The third-order valence-electron chi connectivity index (χ3n) is 6.96. The van der Waals surface area contributed by atoms with Crippen molar-refractivity contribution in [2.45, 2.75) is 39.1 Å². The largest absolute Gasteiger partial charge is 0.494 e. The van der Waals surface area contributed by atoms with Crippen LogP contribution in [0, 0.1) is 0 Å². The lowest BCUT2D eigenvalue weighted by Crippen LogP contribution is -2.39. The van der Waals surface area contributed by atoms with E-state index >= 15 is 0 Å². The van der Waals surface area contributed by atoms with Crippen LogP contribution in [0.2, 0.25) is 0 Å². The predicted molar refractivity (Wildman–Crippen MR) is 166 cm³/mol. The van der Waals surface area contributed by atoms with E-state index in [1.54, 1.807) is 17.0 Å². The van der Waals surface area contributed by atoms with Gasteiger partial charge in [0.15, 0.2) is 5.13 Å². The number of likely N-dealkylation sites (N-methyl/N-ethyl adjacent to an activating group) is 1. The van der Waals surface area contributed by atoms with Gasteiger partial charge in [0, 0.05) is 31.7 Å². The first-order valence-electron chi connectivity index (χ1n) is 14.0. The second-order valence-electron chi connectivity index (χ2n) is 9.48. The van der Waals surface area contributed by atoms with E-state index in [0.29, 0.717) is 36.9 Å². The number of fused-ring (bicyclic) bond motifs is 1. The molecule has 0 saturated carbocycles. The lowest BCUT2D eigenvalue weighted by molar-refractivity contribution is 0.0983. The summed E-state index contributed by atoms with van der Waals surface area (Å²) in [7, 11) is -3.74. The van der Waals surface area contributed by atoms with Gasteiger partial charge in [-0.3, -0.25) is 9.69 Å². The van der Waals surface area contributed by atoms with Crippen LogP contribution in [-0.2, 0) is 16.6 Å². The molecule has 0 aliphatic rings. The fraction of sp³-hybridized carbons (Fsp3) is 0.355. The summed E-state index contributed by atoms with van der Waals surface area (Å²) in [5.41, 5.74) is 2.12. The first kappa shape index (κ1) is 30.6. The minimum atomic E-state index is -3.74. The minimum Gasteiger partial charge on any atom is -0.494 e. The maximum Gasteiger partial charge on any atom is 0.260 e. The second-order valence-corrected chi connectivity index (χ2v) is 12.4. The quantitative estimate of drug-likeness (QED) is 0.181. The van der Waals surface area contributed by atoms with E-state index in [1.807, 2.05) is 62.4 Å². The maximum absolute atomic E-state index is 13.9. The predicted octanol–water partition coefficient (Wildman–Crippen LogP) is 5.89. The lowest BCUT2D eigenvalue weighted by Gasteiger charge is -2.25. The highest BCUT2D eigenvalue weighted by Crippen LogP contribution is 2.32. The molecule has 41 heavy (non-hydrogen) atoms. The highest BCUT2D eigenvalue weighted by molar-refractivity contribution is 7.89. The van der Waals surface area contributed by atoms with E-state index in [9.17, 15) is 13.2 Å². The Labute approximate surface area is 247 Å². The number of anilines is 1. The van der Waals surface area contributed by atoms with Gasteiger partial charge in [-0.25, -0.2) is 13.4 Å². The van der Waals surface area contributed by atoms with Crippen LogP contribution >= 0.6 is 11.3 Å². The zero-order valence-corrected chi connectivity index (χ0v) is 25.7. The van der Waals surface area contributed by atoms with Crippen LogP contribution in [-0.4, -0.2) is 67.8 Å². The van der Waals surface area contributed by atoms with Gasteiger partial charge < -0.3 is 9.64 Å². The number of ether oxygens (including phenoxy) is 1. The average molecular weight is 595 g/mol. The van der Waals surface area contributed by atoms with Gasteiger partial charge in [-0.1, -0.05) is 62.4 Å². The molecule has 0 radical (unpaired) electrons. The van der Waals surface area contributed by atoms with Crippen molar-refractivity contribution >= 4 is 42.6 Å². The normalized spacial score (nSPS) is 11.9. The highest BCUT2D eigenvalue weighted by Gasteiger charge is 2.26. The van der Waals surface area contributed by atoms with E-state index < -0.39 is 10.0 Å². The Morgan fingerprint density at radius 3 is 2.22 bits per heavy atom. The lowest BCUT2D eigenvalue weighted by atomic mass is 10.2. The molecule has 0 N–H and O–H groups in total. The summed E-state index contributed by atoms with van der Waals surface area (Å²) in [4.78, 5) is 22.7. The van der Waals surface area contributed by atoms with Gasteiger partial charge in [0.1, 0.15) is 5.75 Å². The summed E-state index contributed by atoms with van der Waals surface area (Å²) in [5.74, 6) is 0.545. The number of carbonyl (C=O) groups excluding carboxylic acids is 1. The first-order chi connectivity index (χ1) is 19.8. The molecular weight excluding hydrogens is 556 g/mol. The second kappa shape index (κ2) is 14.0. The number of hydrogen-bond acceptors (Lipinski definition) is 7. The van der Waals surface area contributed by atoms with Crippen molar-refractivity contribution in [1.82, 2.24) is 14.2 Å². The summed E-state index contributed by atoms with van der Waals surface area (Å²) >= 11 is 1.44. The monoisotopic (exact) mass is 594 g/mol. The molecule has 218 valence electrons. The van der Waals surface area contributed by atoms with E-state index in [4.69, 9.17) is 9.72 Å². The number of thiazole rings is 1. The number of rotatable bonds is 14. The van der Waals surface area contributed by atoms with Crippen LogP contribution in [0.4, 0.5) is 5.13 Å². The molecule has 1 amide bonds. The van der Waals surface area contributed by atoms with Crippen LogP contribution in [0.25, 0.3) is 10.2 Å². The number of hydrogen-bond donors (Lipinski definition) is 0. The molecule has 10 heteroatoms. The molecule has 3 aromatic carbocycles. The third kappa shape index (κ3) is 7.32. The Kier molecular flexibility index (Phi) is 10.5. The topological polar surface area (TPSA) is 83.0 Å². The van der Waals surface area contributed by atoms with Gasteiger partial charge in [0.05, 0.1) is 21.7 Å². The van der Waals surface area contributed by atoms with E-state index in [0.717, 1.165) is 34.6 Å². The standard InChI is InChI=1S/C31H38N4O4S2/c1-5-33(6-2)20-21-35(31-32-28-19-16-26(39-8-4)22-29(28)40-31)30(36)25-14-17-27(18-15-25)41(37,38)34(7-3)23-24-12-10-9-11-13-24/h9-19,22H,5-8,20-21,23H2,1-4H3. The van der Waals surface area contributed by atoms with Crippen molar-refractivity contribution in [2.75, 3.05) is 44.2 Å². The maximum atomic E-state index is 13.9. The van der Waals surface area contributed by atoms with Crippen molar-refractivity contribution in [3.8, 4) is 5.75 Å². The van der Waals surface area contributed by atoms with Crippen molar-refractivity contribution < 1.29 is 17.9 Å². The van der Waals surface area contributed by atoms with Crippen LogP contribution in [0.5, 0.6) is 5.75 Å². The molecule has 0 unspecified atom stereocenters. The molecule has 0 aliphatic carbocycles. The van der Waals surface area contributed by atoms with Crippen LogP contribution in [0.3, 0.4) is 0 Å². The molecule has 1 heterocycles. The number of amides is 1. The van der Waals surface area contributed by atoms with Crippen LogP contribution in [0.1, 0.15) is 43.6 Å². The molecule has 0 saturated heterocycles. The van der Waals surface area contributed by atoms with E-state index in [2.05, 4.69) is 18.7 Å². The average Bonchev–Trinajstić information content (AvgIpc) is 3.41. The zero-order valence-electron chi connectivity index (χ0n) is 24.1. The van der Waals surface area contributed by atoms with Crippen LogP contribution in [0.15, 0.2) is 77.7 Å².